The first kappa shape index (κ1) is 15.3. The molecule has 1 aromatic heterocycles. The SMILES string of the molecule is CCC(C)n1cc(C=O)c(-c2ccccc2C(F)(F)F)n1. The number of aldehydes is 1. The van der Waals surface area contributed by atoms with E-state index in [9.17, 15) is 18.0 Å². The van der Waals surface area contributed by atoms with Crippen molar-refractivity contribution in [3.8, 4) is 11.3 Å². The fourth-order valence-corrected chi connectivity index (χ4v) is 2.05. The van der Waals surface area contributed by atoms with Gasteiger partial charge in [0, 0.05) is 17.8 Å². The minimum atomic E-state index is -4.49. The lowest BCUT2D eigenvalue weighted by molar-refractivity contribution is -0.137. The smallest absolute Gasteiger partial charge is 0.298 e. The molecule has 2 rings (SSSR count). The maximum Gasteiger partial charge on any atom is 0.417 e. The maximum absolute atomic E-state index is 13.1. The Morgan fingerprint density at radius 3 is 2.57 bits per heavy atom. The average Bonchev–Trinajstić information content (AvgIpc) is 2.89. The van der Waals surface area contributed by atoms with E-state index >= 15 is 0 Å². The maximum atomic E-state index is 13.1. The summed E-state index contributed by atoms with van der Waals surface area (Å²) in [6.45, 7) is 3.83. The van der Waals surface area contributed by atoms with Gasteiger partial charge in [0.2, 0.25) is 0 Å². The Morgan fingerprint density at radius 1 is 1.33 bits per heavy atom. The van der Waals surface area contributed by atoms with Crippen LogP contribution in [-0.2, 0) is 6.18 Å². The standard InChI is InChI=1S/C15H15F3N2O/c1-3-10(2)20-8-11(9-21)14(19-20)12-6-4-5-7-13(12)15(16,17)18/h4-10H,3H2,1-2H3. The summed E-state index contributed by atoms with van der Waals surface area (Å²) < 4.78 is 40.8. The Labute approximate surface area is 120 Å². The van der Waals surface area contributed by atoms with Crippen molar-refractivity contribution in [2.24, 2.45) is 0 Å². The van der Waals surface area contributed by atoms with E-state index in [1.807, 2.05) is 13.8 Å². The highest BCUT2D eigenvalue weighted by molar-refractivity contribution is 5.86. The monoisotopic (exact) mass is 296 g/mol. The third-order valence-electron chi connectivity index (χ3n) is 3.42. The molecule has 0 aliphatic heterocycles. The Hall–Kier alpha value is -2.11. The van der Waals surface area contributed by atoms with Gasteiger partial charge in [-0.25, -0.2) is 0 Å². The lowest BCUT2D eigenvalue weighted by atomic mass is 10.0. The molecule has 0 saturated heterocycles. The molecule has 1 unspecified atom stereocenters. The van der Waals surface area contributed by atoms with Crippen LogP contribution < -0.4 is 0 Å². The third kappa shape index (κ3) is 2.99. The van der Waals surface area contributed by atoms with E-state index in [1.165, 1.54) is 29.1 Å². The van der Waals surface area contributed by atoms with Crippen LogP contribution in [0.3, 0.4) is 0 Å². The second-order valence-corrected chi connectivity index (χ2v) is 4.83. The van der Waals surface area contributed by atoms with Gasteiger partial charge < -0.3 is 0 Å². The first-order valence-electron chi connectivity index (χ1n) is 6.59. The van der Waals surface area contributed by atoms with Gasteiger partial charge in [-0.1, -0.05) is 25.1 Å². The zero-order chi connectivity index (χ0) is 15.6. The largest absolute Gasteiger partial charge is 0.417 e. The molecule has 21 heavy (non-hydrogen) atoms. The summed E-state index contributed by atoms with van der Waals surface area (Å²) in [4.78, 5) is 11.2. The highest BCUT2D eigenvalue weighted by atomic mass is 19.4. The highest BCUT2D eigenvalue weighted by Crippen LogP contribution is 2.37. The second kappa shape index (κ2) is 5.71. The molecule has 112 valence electrons. The van der Waals surface area contributed by atoms with Crippen molar-refractivity contribution in [2.45, 2.75) is 32.5 Å². The van der Waals surface area contributed by atoms with Gasteiger partial charge in [-0.05, 0) is 19.4 Å². The van der Waals surface area contributed by atoms with Crippen LogP contribution in [0.2, 0.25) is 0 Å². The van der Waals surface area contributed by atoms with Crippen LogP contribution >= 0.6 is 0 Å². The molecule has 0 aliphatic rings. The summed E-state index contributed by atoms with van der Waals surface area (Å²) in [5.41, 5.74) is -0.637. The number of aromatic nitrogens is 2. The van der Waals surface area contributed by atoms with Crippen LogP contribution in [0.5, 0.6) is 0 Å². The number of carbonyl (C=O) groups is 1. The fourth-order valence-electron chi connectivity index (χ4n) is 2.05. The Kier molecular flexibility index (Phi) is 4.16. The predicted octanol–water partition coefficient (Wildman–Crippen LogP) is 4.35. The van der Waals surface area contributed by atoms with Gasteiger partial charge in [-0.15, -0.1) is 0 Å². The number of benzene rings is 1. The van der Waals surface area contributed by atoms with Crippen LogP contribution in [0.1, 0.15) is 42.2 Å². The molecule has 0 fully saturated rings. The zero-order valence-corrected chi connectivity index (χ0v) is 11.7. The predicted molar refractivity (Wildman–Crippen MR) is 73.1 cm³/mol. The first-order valence-corrected chi connectivity index (χ1v) is 6.59. The summed E-state index contributed by atoms with van der Waals surface area (Å²) in [6.07, 6.45) is -1.70. The van der Waals surface area contributed by atoms with Crippen molar-refractivity contribution in [2.75, 3.05) is 0 Å². The quantitative estimate of drug-likeness (QED) is 0.786. The molecule has 0 radical (unpaired) electrons. The zero-order valence-electron chi connectivity index (χ0n) is 11.7. The summed E-state index contributed by atoms with van der Waals surface area (Å²) in [5, 5.41) is 4.18. The van der Waals surface area contributed by atoms with Gasteiger partial charge in [-0.2, -0.15) is 18.3 Å². The summed E-state index contributed by atoms with van der Waals surface area (Å²) in [6, 6.07) is 5.15. The highest BCUT2D eigenvalue weighted by Gasteiger charge is 2.34. The second-order valence-electron chi connectivity index (χ2n) is 4.83. The molecular weight excluding hydrogens is 281 g/mol. The van der Waals surface area contributed by atoms with Crippen molar-refractivity contribution in [3.05, 3.63) is 41.6 Å². The van der Waals surface area contributed by atoms with E-state index in [4.69, 9.17) is 0 Å². The first-order chi connectivity index (χ1) is 9.88. The van der Waals surface area contributed by atoms with Crippen molar-refractivity contribution < 1.29 is 18.0 Å². The molecule has 0 N–H and O–H groups in total. The molecular formula is C15H15F3N2O. The number of hydrogen-bond donors (Lipinski definition) is 0. The number of alkyl halides is 3. The molecule has 1 aromatic carbocycles. The van der Waals surface area contributed by atoms with Crippen molar-refractivity contribution in [1.82, 2.24) is 9.78 Å². The van der Waals surface area contributed by atoms with Crippen molar-refractivity contribution >= 4 is 6.29 Å². The number of rotatable bonds is 4. The minimum Gasteiger partial charge on any atom is -0.298 e. The molecule has 0 amide bonds. The van der Waals surface area contributed by atoms with Crippen LogP contribution in [0.4, 0.5) is 13.2 Å². The van der Waals surface area contributed by atoms with Crippen LogP contribution in [0, 0.1) is 0 Å². The molecule has 1 atom stereocenters. The van der Waals surface area contributed by atoms with Crippen LogP contribution in [0.15, 0.2) is 30.5 Å². The molecule has 0 aliphatic carbocycles. The van der Waals surface area contributed by atoms with Gasteiger partial charge in [0.15, 0.2) is 6.29 Å². The van der Waals surface area contributed by atoms with E-state index in [-0.39, 0.29) is 22.9 Å². The number of nitrogens with zero attached hydrogens (tertiary/aromatic N) is 2. The summed E-state index contributed by atoms with van der Waals surface area (Å²) in [5.74, 6) is 0. The molecule has 6 heteroatoms. The topological polar surface area (TPSA) is 34.9 Å². The molecule has 1 heterocycles. The number of hydrogen-bond acceptors (Lipinski definition) is 2. The van der Waals surface area contributed by atoms with Gasteiger partial charge in [0.25, 0.3) is 0 Å². The Morgan fingerprint density at radius 2 is 2.00 bits per heavy atom. The summed E-state index contributed by atoms with van der Waals surface area (Å²) in [7, 11) is 0. The Balaban J connectivity index is 2.62. The molecule has 3 nitrogen and oxygen atoms in total. The van der Waals surface area contributed by atoms with Crippen LogP contribution in [-0.4, -0.2) is 16.1 Å². The van der Waals surface area contributed by atoms with Crippen molar-refractivity contribution in [1.29, 1.82) is 0 Å². The number of halogens is 3. The Bertz CT molecular complexity index is 647. The van der Waals surface area contributed by atoms with E-state index in [0.717, 1.165) is 12.5 Å². The van der Waals surface area contributed by atoms with Gasteiger partial charge in [0.1, 0.15) is 5.69 Å². The number of carbonyl (C=O) groups excluding carboxylic acids is 1. The van der Waals surface area contributed by atoms with E-state index in [1.54, 1.807) is 0 Å². The average molecular weight is 296 g/mol. The molecule has 0 saturated carbocycles. The minimum absolute atomic E-state index is 0.00972. The van der Waals surface area contributed by atoms with Crippen LogP contribution in [0.25, 0.3) is 11.3 Å². The fraction of sp³-hybridized carbons (Fsp3) is 0.333. The molecule has 2 aromatic rings. The third-order valence-corrected chi connectivity index (χ3v) is 3.42. The lowest BCUT2D eigenvalue weighted by Gasteiger charge is -2.12. The van der Waals surface area contributed by atoms with Gasteiger partial charge >= 0.3 is 6.18 Å². The van der Waals surface area contributed by atoms with Gasteiger partial charge in [0.05, 0.1) is 11.1 Å². The molecule has 0 bridgehead atoms. The van der Waals surface area contributed by atoms with Gasteiger partial charge in [-0.3, -0.25) is 9.48 Å². The summed E-state index contributed by atoms with van der Waals surface area (Å²) >= 11 is 0. The lowest BCUT2D eigenvalue weighted by Crippen LogP contribution is -2.08. The van der Waals surface area contributed by atoms with Crippen molar-refractivity contribution in [3.63, 3.8) is 0 Å². The van der Waals surface area contributed by atoms with E-state index in [0.29, 0.717) is 6.29 Å². The molecule has 0 spiro atoms. The van der Waals surface area contributed by atoms with E-state index in [2.05, 4.69) is 5.10 Å². The normalized spacial score (nSPS) is 13.2. The van der Waals surface area contributed by atoms with E-state index < -0.39 is 11.7 Å².